The van der Waals surface area contributed by atoms with E-state index in [4.69, 9.17) is 0 Å². The van der Waals surface area contributed by atoms with E-state index in [1.54, 1.807) is 0 Å². The van der Waals surface area contributed by atoms with E-state index in [-0.39, 0.29) is 0 Å². The van der Waals surface area contributed by atoms with Crippen LogP contribution in [0.25, 0.3) is 0 Å². The number of unbranched alkanes of at least 4 members (excludes halogenated alkanes) is 13. The molecule has 0 aliphatic heterocycles. The van der Waals surface area contributed by atoms with E-state index in [0.717, 1.165) is 4.48 Å². The van der Waals surface area contributed by atoms with Crippen LogP contribution < -0.4 is 5.32 Å². The van der Waals surface area contributed by atoms with Gasteiger partial charge in [0.2, 0.25) is 0 Å². The van der Waals surface area contributed by atoms with Crippen molar-refractivity contribution in [3.63, 3.8) is 0 Å². The summed E-state index contributed by atoms with van der Waals surface area (Å²) >= 11 is 0. The largest absolute Gasteiger partial charge is 0.328 e. The highest BCUT2D eigenvalue weighted by Gasteiger charge is 2.09. The second kappa shape index (κ2) is 17.7. The molecule has 0 rings (SSSR count). The van der Waals surface area contributed by atoms with Crippen molar-refractivity contribution in [3.8, 4) is 0 Å². The molecule has 0 spiro atoms. The van der Waals surface area contributed by atoms with Crippen LogP contribution in [0.3, 0.4) is 0 Å². The molecule has 146 valence electrons. The molecule has 0 saturated heterocycles. The summed E-state index contributed by atoms with van der Waals surface area (Å²) < 4.78 is 1.13. The molecule has 0 aromatic heterocycles. The van der Waals surface area contributed by atoms with E-state index in [9.17, 15) is 0 Å². The van der Waals surface area contributed by atoms with Gasteiger partial charge in [-0.3, -0.25) is 0 Å². The fourth-order valence-electron chi connectivity index (χ4n) is 3.11. The molecule has 0 bridgehead atoms. The van der Waals surface area contributed by atoms with Crippen LogP contribution in [0.5, 0.6) is 0 Å². The highest BCUT2D eigenvalue weighted by molar-refractivity contribution is 4.51. The number of rotatable bonds is 19. The van der Waals surface area contributed by atoms with E-state index >= 15 is 0 Å². The van der Waals surface area contributed by atoms with Crippen molar-refractivity contribution >= 4 is 0 Å². The van der Waals surface area contributed by atoms with Gasteiger partial charge in [-0.1, -0.05) is 90.4 Å². The van der Waals surface area contributed by atoms with Crippen LogP contribution in [0.2, 0.25) is 0 Å². The van der Waals surface area contributed by atoms with Gasteiger partial charge >= 0.3 is 0 Å². The Balaban J connectivity index is 3.05. The Morgan fingerprint density at radius 1 is 0.542 bits per heavy atom. The normalized spacial score (nSPS) is 12.0. The van der Waals surface area contributed by atoms with Gasteiger partial charge in [-0.05, 0) is 19.9 Å². The Hall–Kier alpha value is -0.0800. The summed E-state index contributed by atoms with van der Waals surface area (Å²) in [7, 11) is 4.63. The van der Waals surface area contributed by atoms with Crippen LogP contribution in [0.1, 0.15) is 104 Å². The number of hydrogen-bond acceptors (Lipinski definition) is 1. The second-order valence-electron chi connectivity index (χ2n) is 8.32. The summed E-state index contributed by atoms with van der Waals surface area (Å²) in [6.07, 6.45) is 20.2. The van der Waals surface area contributed by atoms with Gasteiger partial charge in [-0.2, -0.15) is 0 Å². The van der Waals surface area contributed by atoms with Crippen LogP contribution in [0.15, 0.2) is 0 Å². The summed E-state index contributed by atoms with van der Waals surface area (Å²) in [5.74, 6) is 0. The molecule has 0 unspecified atom stereocenters. The third-order valence-electron chi connectivity index (χ3n) is 5.46. The molecule has 0 aliphatic rings. The minimum absolute atomic E-state index is 1.13. The molecule has 0 saturated carbocycles. The molecule has 0 radical (unpaired) electrons. The Bertz CT molecular complexity index is 238. The fraction of sp³-hybridized carbons (Fsp3) is 1.00. The Morgan fingerprint density at radius 2 is 0.958 bits per heavy atom. The van der Waals surface area contributed by atoms with Gasteiger partial charge in [-0.25, -0.2) is 0 Å². The lowest BCUT2D eigenvalue weighted by atomic mass is 10.0. The number of likely N-dealkylation sites (N-methyl/N-ethyl adjacent to an activating group) is 1. The van der Waals surface area contributed by atoms with Gasteiger partial charge in [0.25, 0.3) is 0 Å². The first-order valence-electron chi connectivity index (χ1n) is 11.1. The molecule has 2 heteroatoms. The number of nitrogens with one attached hydrogen (secondary N) is 1. The van der Waals surface area contributed by atoms with Gasteiger partial charge in [-0.15, -0.1) is 0 Å². The smallest absolute Gasteiger partial charge is 0.0909 e. The molecule has 0 aliphatic carbocycles. The maximum atomic E-state index is 3.60. The van der Waals surface area contributed by atoms with E-state index < -0.39 is 0 Å². The zero-order chi connectivity index (χ0) is 17.9. The Morgan fingerprint density at radius 3 is 1.38 bits per heavy atom. The third kappa shape index (κ3) is 18.3. The van der Waals surface area contributed by atoms with Crippen molar-refractivity contribution < 1.29 is 4.48 Å². The summed E-state index contributed by atoms with van der Waals surface area (Å²) in [6.45, 7) is 9.41. The summed E-state index contributed by atoms with van der Waals surface area (Å²) in [6, 6.07) is 0. The minimum Gasteiger partial charge on any atom is -0.328 e. The highest BCUT2D eigenvalue weighted by atomic mass is 15.3. The molecule has 0 amide bonds. The maximum absolute atomic E-state index is 3.60. The summed E-state index contributed by atoms with van der Waals surface area (Å²) in [5.41, 5.74) is 0. The van der Waals surface area contributed by atoms with Gasteiger partial charge < -0.3 is 9.80 Å². The average molecular weight is 342 g/mol. The predicted molar refractivity (Wildman–Crippen MR) is 111 cm³/mol. The van der Waals surface area contributed by atoms with Crippen molar-refractivity contribution in [2.75, 3.05) is 40.3 Å². The fourth-order valence-corrected chi connectivity index (χ4v) is 3.11. The first-order valence-corrected chi connectivity index (χ1v) is 11.1. The van der Waals surface area contributed by atoms with Gasteiger partial charge in [0.1, 0.15) is 0 Å². The molecule has 0 aromatic carbocycles. The van der Waals surface area contributed by atoms with Crippen LogP contribution in [0.4, 0.5) is 0 Å². The lowest BCUT2D eigenvalue weighted by molar-refractivity contribution is -0.887. The quantitative estimate of drug-likeness (QED) is 0.219. The molecular formula is C22H49N2+. The first kappa shape index (κ1) is 23.9. The molecule has 0 heterocycles. The van der Waals surface area contributed by atoms with E-state index in [0.29, 0.717) is 0 Å². The van der Waals surface area contributed by atoms with Crippen molar-refractivity contribution in [1.29, 1.82) is 0 Å². The van der Waals surface area contributed by atoms with E-state index in [1.807, 2.05) is 0 Å². The summed E-state index contributed by atoms with van der Waals surface area (Å²) in [4.78, 5) is 0. The van der Waals surface area contributed by atoms with Crippen LogP contribution >= 0.6 is 0 Å². The number of nitrogens with zero attached hydrogens (tertiary/aromatic N) is 1. The van der Waals surface area contributed by atoms with E-state index in [1.165, 1.54) is 116 Å². The Labute approximate surface area is 154 Å². The van der Waals surface area contributed by atoms with Crippen molar-refractivity contribution in [3.05, 3.63) is 0 Å². The minimum atomic E-state index is 1.13. The zero-order valence-electron chi connectivity index (χ0n) is 17.7. The van der Waals surface area contributed by atoms with Gasteiger partial charge in [0, 0.05) is 6.54 Å². The monoisotopic (exact) mass is 341 g/mol. The lowest BCUT2D eigenvalue weighted by Gasteiger charge is -2.28. The summed E-state index contributed by atoms with van der Waals surface area (Å²) in [5, 5.41) is 3.60. The Kier molecular flexibility index (Phi) is 17.7. The highest BCUT2D eigenvalue weighted by Crippen LogP contribution is 2.12. The lowest BCUT2D eigenvalue weighted by Crippen LogP contribution is -2.44. The molecular weight excluding hydrogens is 292 g/mol. The van der Waals surface area contributed by atoms with Crippen LogP contribution in [-0.2, 0) is 0 Å². The predicted octanol–water partition coefficient (Wildman–Crippen LogP) is 6.15. The van der Waals surface area contributed by atoms with Crippen molar-refractivity contribution in [1.82, 2.24) is 5.32 Å². The first-order chi connectivity index (χ1) is 11.6. The maximum Gasteiger partial charge on any atom is 0.0909 e. The second-order valence-corrected chi connectivity index (χ2v) is 8.32. The molecule has 1 N–H and O–H groups in total. The number of quaternary nitrogens is 1. The van der Waals surface area contributed by atoms with Gasteiger partial charge in [0.15, 0.2) is 0 Å². The zero-order valence-corrected chi connectivity index (χ0v) is 17.7. The molecule has 24 heavy (non-hydrogen) atoms. The standard InChI is InChI=1S/C22H49N2/c1-5-7-8-9-10-11-12-13-14-15-16-17-18-19-20-23-21-22-24(3,4)6-2/h23H,5-22H2,1-4H3/q+1. The topological polar surface area (TPSA) is 12.0 Å². The van der Waals surface area contributed by atoms with Crippen LogP contribution in [-0.4, -0.2) is 44.8 Å². The van der Waals surface area contributed by atoms with Crippen molar-refractivity contribution in [2.24, 2.45) is 0 Å². The van der Waals surface area contributed by atoms with Gasteiger partial charge in [0.05, 0.1) is 27.2 Å². The number of hydrogen-bond donors (Lipinski definition) is 1. The SMILES string of the molecule is CCCCCCCCCCCCCCCCNCC[N+](C)(C)CC. The van der Waals surface area contributed by atoms with E-state index in [2.05, 4.69) is 33.3 Å². The van der Waals surface area contributed by atoms with Crippen molar-refractivity contribution in [2.45, 2.75) is 104 Å². The molecule has 0 atom stereocenters. The van der Waals surface area contributed by atoms with Crippen LogP contribution in [0, 0.1) is 0 Å². The third-order valence-corrected chi connectivity index (χ3v) is 5.46. The average Bonchev–Trinajstić information content (AvgIpc) is 2.57. The molecule has 0 fully saturated rings. The molecule has 0 aromatic rings. The molecule has 2 nitrogen and oxygen atoms in total.